The molecule has 2 N–H and O–H groups in total. The van der Waals surface area contributed by atoms with Gasteiger partial charge in [-0.3, -0.25) is 14.6 Å². The maximum atomic E-state index is 11.9. The van der Waals surface area contributed by atoms with E-state index in [0.29, 0.717) is 11.3 Å². The van der Waals surface area contributed by atoms with E-state index >= 15 is 0 Å². The van der Waals surface area contributed by atoms with E-state index in [9.17, 15) is 14.4 Å². The Hall–Kier alpha value is -2.74. The topological polar surface area (TPSA) is 97.4 Å². The van der Waals surface area contributed by atoms with Crippen molar-refractivity contribution in [3.63, 3.8) is 0 Å². The summed E-state index contributed by atoms with van der Waals surface area (Å²) >= 11 is 3.34. The van der Waals surface area contributed by atoms with Crippen LogP contribution in [0.2, 0.25) is 0 Å². The molecule has 0 aliphatic rings. The number of benzene rings is 1. The van der Waals surface area contributed by atoms with Gasteiger partial charge in [-0.25, -0.2) is 4.79 Å². The highest BCUT2D eigenvalue weighted by atomic mass is 79.9. The first-order valence-electron chi connectivity index (χ1n) is 7.35. The molecule has 2 aromatic rings. The molecule has 0 fully saturated rings. The van der Waals surface area contributed by atoms with Gasteiger partial charge in [-0.1, -0.05) is 15.9 Å². The van der Waals surface area contributed by atoms with Crippen LogP contribution in [0.15, 0.2) is 47.2 Å². The lowest BCUT2D eigenvalue weighted by Crippen LogP contribution is -2.35. The summed E-state index contributed by atoms with van der Waals surface area (Å²) in [5.74, 6) is -1.57. The van der Waals surface area contributed by atoms with E-state index in [1.165, 1.54) is 24.5 Å². The van der Waals surface area contributed by atoms with Crippen molar-refractivity contribution in [2.45, 2.75) is 6.92 Å². The molecule has 0 unspecified atom stereocenters. The van der Waals surface area contributed by atoms with Crippen LogP contribution < -0.4 is 10.6 Å². The number of nitrogens with one attached hydrogen (secondary N) is 2. The number of esters is 1. The molecule has 1 heterocycles. The lowest BCUT2D eigenvalue weighted by molar-refractivity contribution is -0.126. The van der Waals surface area contributed by atoms with Gasteiger partial charge >= 0.3 is 5.97 Å². The molecule has 8 heteroatoms. The lowest BCUT2D eigenvalue weighted by Gasteiger charge is -2.10. The average molecular weight is 406 g/mol. The molecule has 0 radical (unpaired) electrons. The molecule has 2 amide bonds. The molecule has 130 valence electrons. The van der Waals surface area contributed by atoms with Crippen molar-refractivity contribution < 1.29 is 19.1 Å². The minimum atomic E-state index is -0.632. The summed E-state index contributed by atoms with van der Waals surface area (Å²) in [6.07, 6.45) is 2.90. The molecule has 0 saturated heterocycles. The Morgan fingerprint density at radius 3 is 2.52 bits per heavy atom. The first-order chi connectivity index (χ1) is 12.0. The van der Waals surface area contributed by atoms with E-state index < -0.39 is 18.5 Å². The summed E-state index contributed by atoms with van der Waals surface area (Å²) in [6, 6.07) is 8.39. The molecular weight excluding hydrogens is 390 g/mol. The summed E-state index contributed by atoms with van der Waals surface area (Å²) in [7, 11) is 0. The van der Waals surface area contributed by atoms with Crippen molar-refractivity contribution in [1.29, 1.82) is 0 Å². The number of aryl methyl sites for hydroxylation is 1. The highest BCUT2D eigenvalue weighted by Crippen LogP contribution is 2.19. The van der Waals surface area contributed by atoms with Crippen LogP contribution in [0, 0.1) is 6.92 Å². The van der Waals surface area contributed by atoms with Crippen molar-refractivity contribution in [2.75, 3.05) is 18.5 Å². The Bertz CT molecular complexity index is 781. The number of aromatic nitrogens is 1. The number of hydrogen-bond donors (Lipinski definition) is 2. The highest BCUT2D eigenvalue weighted by molar-refractivity contribution is 9.10. The van der Waals surface area contributed by atoms with Gasteiger partial charge in [-0.2, -0.15) is 0 Å². The Morgan fingerprint density at radius 2 is 1.84 bits per heavy atom. The van der Waals surface area contributed by atoms with Crippen LogP contribution in [0.25, 0.3) is 0 Å². The Labute approximate surface area is 152 Å². The molecule has 7 nitrogen and oxygen atoms in total. The number of nitrogens with zero attached hydrogens (tertiary/aromatic N) is 1. The number of hydrogen-bond acceptors (Lipinski definition) is 5. The van der Waals surface area contributed by atoms with E-state index in [1.807, 2.05) is 13.0 Å². The van der Waals surface area contributed by atoms with Crippen LogP contribution in [0.4, 0.5) is 5.69 Å². The number of carbonyl (C=O) groups is 3. The number of halogens is 1. The van der Waals surface area contributed by atoms with Crippen LogP contribution >= 0.6 is 15.9 Å². The third-order valence-electron chi connectivity index (χ3n) is 3.16. The van der Waals surface area contributed by atoms with Gasteiger partial charge in [0.05, 0.1) is 12.1 Å². The zero-order valence-electron chi connectivity index (χ0n) is 13.4. The van der Waals surface area contributed by atoms with Crippen molar-refractivity contribution in [3.05, 3.63) is 58.3 Å². The zero-order valence-corrected chi connectivity index (χ0v) is 15.0. The smallest absolute Gasteiger partial charge is 0.338 e. The first kappa shape index (κ1) is 18.6. The standard InChI is InChI=1S/C17H16BrN3O4/c1-11-8-13(18)2-3-14(11)21-15(22)9-20-16(23)10-25-17(24)12-4-6-19-7-5-12/h2-8H,9-10H2,1H3,(H,20,23)(H,21,22). The van der Waals surface area contributed by atoms with Crippen molar-refractivity contribution in [2.24, 2.45) is 0 Å². The van der Waals surface area contributed by atoms with Crippen molar-refractivity contribution in [3.8, 4) is 0 Å². The van der Waals surface area contributed by atoms with E-state index in [1.54, 1.807) is 12.1 Å². The van der Waals surface area contributed by atoms with E-state index in [-0.39, 0.29) is 12.5 Å². The van der Waals surface area contributed by atoms with Crippen LogP contribution in [-0.4, -0.2) is 35.9 Å². The zero-order chi connectivity index (χ0) is 18.2. The van der Waals surface area contributed by atoms with Crippen LogP contribution in [0.5, 0.6) is 0 Å². The summed E-state index contributed by atoms with van der Waals surface area (Å²) < 4.78 is 5.77. The number of amides is 2. The number of rotatable bonds is 6. The van der Waals surface area contributed by atoms with E-state index in [2.05, 4.69) is 31.5 Å². The number of anilines is 1. The summed E-state index contributed by atoms with van der Waals surface area (Å²) in [5.41, 5.74) is 1.85. The fourth-order valence-electron chi connectivity index (χ4n) is 1.89. The monoisotopic (exact) mass is 405 g/mol. The van der Waals surface area contributed by atoms with Gasteiger partial charge < -0.3 is 15.4 Å². The molecule has 0 bridgehead atoms. The van der Waals surface area contributed by atoms with Crippen LogP contribution in [0.1, 0.15) is 15.9 Å². The van der Waals surface area contributed by atoms with Crippen molar-refractivity contribution >= 4 is 39.4 Å². The second-order valence-corrected chi connectivity index (χ2v) is 6.01. The van der Waals surface area contributed by atoms with Crippen molar-refractivity contribution in [1.82, 2.24) is 10.3 Å². The third-order valence-corrected chi connectivity index (χ3v) is 3.65. The minimum absolute atomic E-state index is 0.221. The average Bonchev–Trinajstić information content (AvgIpc) is 2.61. The fourth-order valence-corrected chi connectivity index (χ4v) is 2.37. The van der Waals surface area contributed by atoms with Gasteiger partial charge in [0, 0.05) is 22.6 Å². The minimum Gasteiger partial charge on any atom is -0.452 e. The number of carbonyl (C=O) groups excluding carboxylic acids is 3. The largest absolute Gasteiger partial charge is 0.452 e. The fraction of sp³-hybridized carbons (Fsp3) is 0.176. The first-order valence-corrected chi connectivity index (χ1v) is 8.15. The molecule has 2 rings (SSSR count). The van der Waals surface area contributed by atoms with Gasteiger partial charge in [0.1, 0.15) is 0 Å². The second-order valence-electron chi connectivity index (χ2n) is 5.10. The molecule has 0 aliphatic carbocycles. The molecular formula is C17H16BrN3O4. The van der Waals surface area contributed by atoms with Crippen LogP contribution in [0.3, 0.4) is 0 Å². The van der Waals surface area contributed by atoms with Gasteiger partial charge in [-0.15, -0.1) is 0 Å². The predicted octanol–water partition coefficient (Wildman–Crippen LogP) is 2.06. The van der Waals surface area contributed by atoms with E-state index in [4.69, 9.17) is 4.74 Å². The lowest BCUT2D eigenvalue weighted by atomic mass is 10.2. The summed E-state index contributed by atoms with van der Waals surface area (Å²) in [5, 5.41) is 5.08. The summed E-state index contributed by atoms with van der Waals surface area (Å²) in [4.78, 5) is 39.0. The molecule has 0 spiro atoms. The molecule has 0 aliphatic heterocycles. The maximum Gasteiger partial charge on any atom is 0.338 e. The quantitative estimate of drug-likeness (QED) is 0.716. The van der Waals surface area contributed by atoms with Gasteiger partial charge in [0.2, 0.25) is 5.91 Å². The normalized spacial score (nSPS) is 10.0. The molecule has 25 heavy (non-hydrogen) atoms. The van der Waals surface area contributed by atoms with Gasteiger partial charge in [-0.05, 0) is 42.8 Å². The molecule has 0 saturated carbocycles. The van der Waals surface area contributed by atoms with Gasteiger partial charge in [0.25, 0.3) is 5.91 Å². The Morgan fingerprint density at radius 1 is 1.12 bits per heavy atom. The van der Waals surface area contributed by atoms with Crippen LogP contribution in [-0.2, 0) is 14.3 Å². The number of pyridine rings is 1. The maximum absolute atomic E-state index is 11.9. The molecule has 1 aromatic carbocycles. The third kappa shape index (κ3) is 6.00. The van der Waals surface area contributed by atoms with E-state index in [0.717, 1.165) is 10.0 Å². The van der Waals surface area contributed by atoms with Gasteiger partial charge in [0.15, 0.2) is 6.61 Å². The summed E-state index contributed by atoms with van der Waals surface area (Å²) in [6.45, 7) is 1.17. The molecule has 0 atom stereocenters. The second kappa shape index (κ2) is 8.93. The SMILES string of the molecule is Cc1cc(Br)ccc1NC(=O)CNC(=O)COC(=O)c1ccncc1. The predicted molar refractivity (Wildman–Crippen MR) is 95.0 cm³/mol. The number of ether oxygens (including phenoxy) is 1. The highest BCUT2D eigenvalue weighted by Gasteiger charge is 2.11. The molecule has 1 aromatic heterocycles. The Balaban J connectivity index is 1.74. The Kier molecular flexibility index (Phi) is 6.64.